The minimum atomic E-state index is -0.270. The lowest BCUT2D eigenvalue weighted by atomic mass is 9.96. The fourth-order valence-corrected chi connectivity index (χ4v) is 4.50. The molecule has 3 heterocycles. The maximum absolute atomic E-state index is 13.4. The molecule has 1 saturated heterocycles. The standard InChI is InChI=1S/C28H27N5O2/c1-20-8-6-15-29-26(20)31-27(34)23-12-7-17-32(19-23)28(35)22-11-5-13-24(18-22)33-25(14-16-30-33)21-9-3-2-4-10-21/h2-6,8-11,13-16,18,23H,7,12,17,19H2,1H3,(H,29,31,34). The Labute approximate surface area is 204 Å². The average molecular weight is 466 g/mol. The number of carbonyl (C=O) groups excluding carboxylic acids is 2. The molecule has 1 unspecified atom stereocenters. The van der Waals surface area contributed by atoms with E-state index < -0.39 is 0 Å². The number of hydrogen-bond acceptors (Lipinski definition) is 4. The van der Waals surface area contributed by atoms with Crippen molar-refractivity contribution < 1.29 is 9.59 Å². The summed E-state index contributed by atoms with van der Waals surface area (Å²) in [6, 6.07) is 23.2. The molecule has 2 aromatic heterocycles. The van der Waals surface area contributed by atoms with Gasteiger partial charge in [0.05, 0.1) is 23.5 Å². The minimum Gasteiger partial charge on any atom is -0.338 e. The Hall–Kier alpha value is -4.26. The normalized spacial score (nSPS) is 15.6. The van der Waals surface area contributed by atoms with Crippen LogP contribution in [-0.4, -0.2) is 44.6 Å². The number of pyridine rings is 1. The van der Waals surface area contributed by atoms with Gasteiger partial charge in [-0.15, -0.1) is 0 Å². The van der Waals surface area contributed by atoms with Gasteiger partial charge in [0.1, 0.15) is 5.82 Å². The number of amides is 2. The van der Waals surface area contributed by atoms with E-state index in [1.807, 2.05) is 84.4 Å². The van der Waals surface area contributed by atoms with E-state index in [9.17, 15) is 9.59 Å². The quantitative estimate of drug-likeness (QED) is 0.462. The summed E-state index contributed by atoms with van der Waals surface area (Å²) in [4.78, 5) is 32.3. The molecule has 1 fully saturated rings. The van der Waals surface area contributed by atoms with Crippen molar-refractivity contribution in [3.05, 3.63) is 96.3 Å². The van der Waals surface area contributed by atoms with Gasteiger partial charge in [0.25, 0.3) is 5.91 Å². The zero-order valence-corrected chi connectivity index (χ0v) is 19.6. The van der Waals surface area contributed by atoms with Crippen molar-refractivity contribution >= 4 is 17.6 Å². The van der Waals surface area contributed by atoms with Crippen LogP contribution in [0.2, 0.25) is 0 Å². The van der Waals surface area contributed by atoms with E-state index >= 15 is 0 Å². The summed E-state index contributed by atoms with van der Waals surface area (Å²) in [6.07, 6.45) is 4.94. The Morgan fingerprint density at radius 2 is 1.83 bits per heavy atom. The number of piperidine rings is 1. The minimum absolute atomic E-state index is 0.0771. The summed E-state index contributed by atoms with van der Waals surface area (Å²) in [6.45, 7) is 2.93. The summed E-state index contributed by atoms with van der Waals surface area (Å²) >= 11 is 0. The Kier molecular flexibility index (Phi) is 6.39. The molecule has 176 valence electrons. The monoisotopic (exact) mass is 465 g/mol. The number of aryl methyl sites for hydroxylation is 1. The molecular weight excluding hydrogens is 438 g/mol. The van der Waals surface area contributed by atoms with Crippen LogP contribution in [0.15, 0.2) is 85.2 Å². The Bertz CT molecular complexity index is 1350. The molecule has 0 spiro atoms. The Balaban J connectivity index is 1.32. The highest BCUT2D eigenvalue weighted by Gasteiger charge is 2.29. The van der Waals surface area contributed by atoms with Gasteiger partial charge in [0, 0.05) is 30.4 Å². The van der Waals surface area contributed by atoms with Crippen LogP contribution in [0, 0.1) is 12.8 Å². The number of carbonyl (C=O) groups is 2. The first-order chi connectivity index (χ1) is 17.1. The third kappa shape index (κ3) is 4.84. The molecule has 7 nitrogen and oxygen atoms in total. The highest BCUT2D eigenvalue weighted by molar-refractivity contribution is 5.96. The van der Waals surface area contributed by atoms with Gasteiger partial charge >= 0.3 is 0 Å². The molecule has 1 N–H and O–H groups in total. The van der Waals surface area contributed by atoms with Crippen LogP contribution in [0.5, 0.6) is 0 Å². The zero-order chi connectivity index (χ0) is 24.2. The molecule has 1 aliphatic rings. The number of nitrogens with zero attached hydrogens (tertiary/aromatic N) is 4. The Morgan fingerprint density at radius 3 is 2.66 bits per heavy atom. The largest absolute Gasteiger partial charge is 0.338 e. The topological polar surface area (TPSA) is 80.1 Å². The molecule has 35 heavy (non-hydrogen) atoms. The van der Waals surface area contributed by atoms with E-state index in [4.69, 9.17) is 0 Å². The maximum Gasteiger partial charge on any atom is 0.253 e. The molecule has 2 amide bonds. The summed E-state index contributed by atoms with van der Waals surface area (Å²) < 4.78 is 1.84. The van der Waals surface area contributed by atoms with Crippen LogP contribution in [0.3, 0.4) is 0 Å². The van der Waals surface area contributed by atoms with E-state index in [0.717, 1.165) is 35.3 Å². The molecule has 1 aliphatic heterocycles. The van der Waals surface area contributed by atoms with Crippen molar-refractivity contribution in [3.63, 3.8) is 0 Å². The van der Waals surface area contributed by atoms with E-state index in [0.29, 0.717) is 24.5 Å². The van der Waals surface area contributed by atoms with Crippen LogP contribution < -0.4 is 5.32 Å². The third-order valence-corrected chi connectivity index (χ3v) is 6.38. The van der Waals surface area contributed by atoms with Crippen molar-refractivity contribution in [2.24, 2.45) is 5.92 Å². The SMILES string of the molecule is Cc1cccnc1NC(=O)C1CCCN(C(=O)c2cccc(-n3nccc3-c3ccccc3)c2)C1. The number of hydrogen-bond donors (Lipinski definition) is 1. The van der Waals surface area contributed by atoms with Crippen molar-refractivity contribution in [1.29, 1.82) is 0 Å². The fourth-order valence-electron chi connectivity index (χ4n) is 4.50. The molecule has 0 bridgehead atoms. The lowest BCUT2D eigenvalue weighted by Gasteiger charge is -2.32. The highest BCUT2D eigenvalue weighted by Crippen LogP contribution is 2.24. The molecule has 0 aliphatic carbocycles. The van der Waals surface area contributed by atoms with Gasteiger partial charge in [-0.2, -0.15) is 5.10 Å². The summed E-state index contributed by atoms with van der Waals surface area (Å²) in [5, 5.41) is 7.42. The summed E-state index contributed by atoms with van der Waals surface area (Å²) in [5.74, 6) is 0.129. The first-order valence-electron chi connectivity index (χ1n) is 11.8. The molecule has 0 radical (unpaired) electrons. The second-order valence-corrected chi connectivity index (χ2v) is 8.79. The number of aromatic nitrogens is 3. The zero-order valence-electron chi connectivity index (χ0n) is 19.6. The van der Waals surface area contributed by atoms with Gasteiger partial charge < -0.3 is 10.2 Å². The van der Waals surface area contributed by atoms with Crippen molar-refractivity contribution in [2.45, 2.75) is 19.8 Å². The van der Waals surface area contributed by atoms with Gasteiger partial charge in [0.15, 0.2) is 0 Å². The molecule has 7 heteroatoms. The Morgan fingerprint density at radius 1 is 0.971 bits per heavy atom. The van der Waals surface area contributed by atoms with Gasteiger partial charge in [0.2, 0.25) is 5.91 Å². The van der Waals surface area contributed by atoms with Crippen molar-refractivity contribution in [3.8, 4) is 16.9 Å². The lowest BCUT2D eigenvalue weighted by Crippen LogP contribution is -2.43. The smallest absolute Gasteiger partial charge is 0.253 e. The third-order valence-electron chi connectivity index (χ3n) is 6.38. The number of anilines is 1. The van der Waals surface area contributed by atoms with E-state index in [1.165, 1.54) is 0 Å². The molecule has 2 aromatic carbocycles. The highest BCUT2D eigenvalue weighted by atomic mass is 16.2. The number of rotatable bonds is 5. The van der Waals surface area contributed by atoms with E-state index in [1.54, 1.807) is 17.3 Å². The lowest BCUT2D eigenvalue weighted by molar-refractivity contribution is -0.121. The second kappa shape index (κ2) is 9.93. The molecule has 1 atom stereocenters. The maximum atomic E-state index is 13.4. The number of likely N-dealkylation sites (tertiary alicyclic amines) is 1. The van der Waals surface area contributed by atoms with Gasteiger partial charge in [-0.3, -0.25) is 9.59 Å². The van der Waals surface area contributed by atoms with E-state index in [2.05, 4.69) is 15.4 Å². The predicted octanol–water partition coefficient (Wildman–Crippen LogP) is 4.73. The van der Waals surface area contributed by atoms with Crippen molar-refractivity contribution in [2.75, 3.05) is 18.4 Å². The fraction of sp³-hybridized carbons (Fsp3) is 0.214. The van der Waals surface area contributed by atoms with Gasteiger partial charge in [-0.05, 0) is 55.7 Å². The van der Waals surface area contributed by atoms with Gasteiger partial charge in [-0.1, -0.05) is 42.5 Å². The second-order valence-electron chi connectivity index (χ2n) is 8.79. The van der Waals surface area contributed by atoms with Crippen LogP contribution in [-0.2, 0) is 4.79 Å². The van der Waals surface area contributed by atoms with Crippen LogP contribution >= 0.6 is 0 Å². The summed E-state index contributed by atoms with van der Waals surface area (Å²) in [5.41, 5.74) is 4.31. The molecular formula is C28H27N5O2. The summed E-state index contributed by atoms with van der Waals surface area (Å²) in [7, 11) is 0. The number of nitrogens with one attached hydrogen (secondary N) is 1. The average Bonchev–Trinajstić information content (AvgIpc) is 3.40. The van der Waals surface area contributed by atoms with Crippen LogP contribution in [0.4, 0.5) is 5.82 Å². The predicted molar refractivity (Wildman–Crippen MR) is 135 cm³/mol. The molecule has 5 rings (SSSR count). The number of benzene rings is 2. The first-order valence-corrected chi connectivity index (χ1v) is 11.8. The van der Waals surface area contributed by atoms with Crippen LogP contribution in [0.25, 0.3) is 16.9 Å². The molecule has 0 saturated carbocycles. The van der Waals surface area contributed by atoms with Gasteiger partial charge in [-0.25, -0.2) is 9.67 Å². The first kappa shape index (κ1) is 22.5. The molecule has 4 aromatic rings. The van der Waals surface area contributed by atoms with Crippen LogP contribution in [0.1, 0.15) is 28.8 Å². The van der Waals surface area contributed by atoms with Crippen molar-refractivity contribution in [1.82, 2.24) is 19.7 Å². The van der Waals surface area contributed by atoms with E-state index in [-0.39, 0.29) is 17.7 Å².